The van der Waals surface area contributed by atoms with E-state index < -0.39 is 20.7 Å². The van der Waals surface area contributed by atoms with Crippen molar-refractivity contribution in [3.63, 3.8) is 0 Å². The van der Waals surface area contributed by atoms with E-state index in [-0.39, 0.29) is 23.8 Å². The average molecular weight is 335 g/mol. The van der Waals surface area contributed by atoms with Crippen molar-refractivity contribution in [2.45, 2.75) is 11.3 Å². The lowest BCUT2D eigenvalue weighted by atomic mass is 10.1. The molecule has 2 rings (SSSR count). The molecule has 1 aromatic carbocycles. The highest BCUT2D eigenvalue weighted by atomic mass is 35.5. The molecule has 0 saturated heterocycles. The Morgan fingerprint density at radius 2 is 2.19 bits per heavy atom. The highest BCUT2D eigenvalue weighted by Crippen LogP contribution is 2.28. The molecule has 5 nitrogen and oxygen atoms in total. The number of methoxy groups -OCH3 is 1. The zero-order valence-corrected chi connectivity index (χ0v) is 13.0. The Morgan fingerprint density at radius 3 is 2.76 bits per heavy atom. The first-order valence-electron chi connectivity index (χ1n) is 6.27. The van der Waals surface area contributed by atoms with Gasteiger partial charge in [0.15, 0.2) is 5.82 Å². The Hall–Kier alpha value is -1.15. The largest absolute Gasteiger partial charge is 0.396 e. The van der Waals surface area contributed by atoms with Crippen LogP contribution in [0.1, 0.15) is 6.42 Å². The van der Waals surface area contributed by atoms with Crippen LogP contribution >= 0.6 is 11.6 Å². The molecule has 0 unspecified atom stereocenters. The predicted molar refractivity (Wildman–Crippen MR) is 79.2 cm³/mol. The smallest absolute Gasteiger partial charge is 0.246 e. The molecule has 0 atom stereocenters. The number of anilines is 1. The van der Waals surface area contributed by atoms with E-state index in [1.165, 1.54) is 10.4 Å². The Kier molecular flexibility index (Phi) is 4.88. The van der Waals surface area contributed by atoms with Crippen LogP contribution in [0.5, 0.6) is 0 Å². The summed E-state index contributed by atoms with van der Waals surface area (Å²) in [5.74, 6) is -0.967. The van der Waals surface area contributed by atoms with Crippen molar-refractivity contribution in [2.75, 3.05) is 32.5 Å². The number of hydrogen-bond donors (Lipinski definition) is 1. The summed E-state index contributed by atoms with van der Waals surface area (Å²) in [5.41, 5.74) is 6.18. The van der Waals surface area contributed by atoms with Gasteiger partial charge in [-0.2, -0.15) is 4.31 Å². The molecular weight excluding hydrogens is 319 g/mol. The molecule has 0 aliphatic carbocycles. The number of benzene rings is 1. The fourth-order valence-electron chi connectivity index (χ4n) is 2.14. The van der Waals surface area contributed by atoms with E-state index in [2.05, 4.69) is 0 Å². The summed E-state index contributed by atoms with van der Waals surface area (Å²) in [7, 11) is -2.39. The first-order valence-corrected chi connectivity index (χ1v) is 8.09. The van der Waals surface area contributed by atoms with E-state index in [0.717, 1.165) is 11.6 Å². The standard InChI is InChI=1S/C13H16ClFN2O3S/c1-20-8-9-2-4-17(5-3-9)21(18,19)12-7-10(14)6-11(16)13(12)15/h2,6-7H,3-5,8,16H2,1H3. The molecule has 0 radical (unpaired) electrons. The number of nitrogen functional groups attached to an aromatic ring is 1. The number of halogens is 2. The van der Waals surface area contributed by atoms with Crippen molar-refractivity contribution in [3.8, 4) is 0 Å². The Bertz CT molecular complexity index is 676. The van der Waals surface area contributed by atoms with Crippen LogP contribution in [0, 0.1) is 5.82 Å². The maximum absolute atomic E-state index is 14.0. The summed E-state index contributed by atoms with van der Waals surface area (Å²) in [6.45, 7) is 0.905. The van der Waals surface area contributed by atoms with E-state index in [4.69, 9.17) is 22.1 Å². The van der Waals surface area contributed by atoms with E-state index in [1.807, 2.05) is 0 Å². The molecular formula is C13H16ClFN2O3S. The highest BCUT2D eigenvalue weighted by molar-refractivity contribution is 7.89. The molecule has 0 spiro atoms. The van der Waals surface area contributed by atoms with Gasteiger partial charge in [-0.15, -0.1) is 0 Å². The molecule has 0 amide bonds. The first kappa shape index (κ1) is 16.2. The summed E-state index contributed by atoms with van der Waals surface area (Å²) in [6.07, 6.45) is 2.32. The van der Waals surface area contributed by atoms with Gasteiger partial charge in [-0.05, 0) is 24.1 Å². The van der Waals surface area contributed by atoms with E-state index in [0.29, 0.717) is 13.0 Å². The minimum Gasteiger partial charge on any atom is -0.396 e. The second-order valence-corrected chi connectivity index (χ2v) is 7.06. The van der Waals surface area contributed by atoms with Gasteiger partial charge in [0.25, 0.3) is 0 Å². The third kappa shape index (κ3) is 3.37. The molecule has 0 fully saturated rings. The molecule has 1 aliphatic rings. The first-order chi connectivity index (χ1) is 9.86. The van der Waals surface area contributed by atoms with Crippen LogP contribution < -0.4 is 5.73 Å². The van der Waals surface area contributed by atoms with Gasteiger partial charge in [0, 0.05) is 25.2 Å². The fourth-order valence-corrected chi connectivity index (χ4v) is 3.93. The van der Waals surface area contributed by atoms with E-state index >= 15 is 0 Å². The summed E-state index contributed by atoms with van der Waals surface area (Å²) < 4.78 is 45.2. The summed E-state index contributed by atoms with van der Waals surface area (Å²) in [6, 6.07) is 2.26. The third-order valence-electron chi connectivity index (χ3n) is 3.25. The monoisotopic (exact) mass is 334 g/mol. The predicted octanol–water partition coefficient (Wildman–Crippen LogP) is 2.03. The van der Waals surface area contributed by atoms with Crippen molar-refractivity contribution in [1.29, 1.82) is 0 Å². The maximum Gasteiger partial charge on any atom is 0.246 e. The number of hydrogen-bond acceptors (Lipinski definition) is 4. The van der Waals surface area contributed by atoms with Crippen molar-refractivity contribution < 1.29 is 17.5 Å². The number of ether oxygens (including phenoxy) is 1. The van der Waals surface area contributed by atoms with E-state index in [1.54, 1.807) is 13.2 Å². The average Bonchev–Trinajstić information content (AvgIpc) is 2.43. The molecule has 2 N–H and O–H groups in total. The molecule has 0 aromatic heterocycles. The fraction of sp³-hybridized carbons (Fsp3) is 0.385. The molecule has 21 heavy (non-hydrogen) atoms. The number of nitrogens with two attached hydrogens (primary N) is 1. The van der Waals surface area contributed by atoms with Gasteiger partial charge in [-0.1, -0.05) is 17.7 Å². The maximum atomic E-state index is 14.0. The lowest BCUT2D eigenvalue weighted by Gasteiger charge is -2.26. The Labute approximate surface area is 128 Å². The number of sulfonamides is 1. The van der Waals surface area contributed by atoms with Gasteiger partial charge >= 0.3 is 0 Å². The van der Waals surface area contributed by atoms with Gasteiger partial charge < -0.3 is 10.5 Å². The van der Waals surface area contributed by atoms with Crippen molar-refractivity contribution >= 4 is 27.3 Å². The quantitative estimate of drug-likeness (QED) is 0.675. The Morgan fingerprint density at radius 1 is 1.48 bits per heavy atom. The number of nitrogens with zero attached hydrogens (tertiary/aromatic N) is 1. The van der Waals surface area contributed by atoms with Crippen LogP contribution in [0.2, 0.25) is 5.02 Å². The highest BCUT2D eigenvalue weighted by Gasteiger charge is 2.30. The van der Waals surface area contributed by atoms with Gasteiger partial charge in [-0.3, -0.25) is 0 Å². The topological polar surface area (TPSA) is 72.6 Å². The summed E-state index contributed by atoms with van der Waals surface area (Å²) >= 11 is 5.77. The zero-order valence-electron chi connectivity index (χ0n) is 11.5. The lowest BCUT2D eigenvalue weighted by molar-refractivity contribution is 0.219. The van der Waals surface area contributed by atoms with Crippen LogP contribution in [0.25, 0.3) is 0 Å². The number of rotatable bonds is 4. The van der Waals surface area contributed by atoms with Crippen molar-refractivity contribution in [1.82, 2.24) is 4.31 Å². The van der Waals surface area contributed by atoms with Gasteiger partial charge in [0.1, 0.15) is 4.90 Å². The molecule has 8 heteroatoms. The van der Waals surface area contributed by atoms with Crippen LogP contribution in [0.15, 0.2) is 28.7 Å². The molecule has 0 saturated carbocycles. The molecule has 1 aliphatic heterocycles. The minimum atomic E-state index is -3.97. The van der Waals surface area contributed by atoms with Gasteiger partial charge in [-0.25, -0.2) is 12.8 Å². The summed E-state index contributed by atoms with van der Waals surface area (Å²) in [4.78, 5) is -0.490. The second kappa shape index (κ2) is 6.31. The van der Waals surface area contributed by atoms with Crippen molar-refractivity contribution in [3.05, 3.63) is 34.6 Å². The van der Waals surface area contributed by atoms with Gasteiger partial charge in [0.2, 0.25) is 10.0 Å². The van der Waals surface area contributed by atoms with Gasteiger partial charge in [0.05, 0.1) is 12.3 Å². The normalized spacial score (nSPS) is 16.8. The molecule has 1 aromatic rings. The molecule has 116 valence electrons. The Balaban J connectivity index is 2.32. The van der Waals surface area contributed by atoms with Crippen LogP contribution in [-0.4, -0.2) is 39.5 Å². The lowest BCUT2D eigenvalue weighted by Crippen LogP contribution is -2.35. The van der Waals surface area contributed by atoms with E-state index in [9.17, 15) is 12.8 Å². The van der Waals surface area contributed by atoms with Crippen LogP contribution in [0.3, 0.4) is 0 Å². The SMILES string of the molecule is COCC1=CCN(S(=O)(=O)c2cc(Cl)cc(N)c2F)CC1. The minimum absolute atomic E-state index is 0.0834. The third-order valence-corrected chi connectivity index (χ3v) is 5.33. The zero-order chi connectivity index (χ0) is 15.6. The second-order valence-electron chi connectivity index (χ2n) is 4.72. The molecule has 1 heterocycles. The van der Waals surface area contributed by atoms with Crippen molar-refractivity contribution in [2.24, 2.45) is 0 Å². The van der Waals surface area contributed by atoms with Crippen LogP contribution in [0.4, 0.5) is 10.1 Å². The summed E-state index contributed by atoms with van der Waals surface area (Å²) in [5, 5.41) is 0.0834. The van der Waals surface area contributed by atoms with Crippen LogP contribution in [-0.2, 0) is 14.8 Å². The molecule has 0 bridgehead atoms.